The Labute approximate surface area is 189 Å². The van der Waals surface area contributed by atoms with Crippen molar-refractivity contribution in [1.29, 1.82) is 0 Å². The molecule has 2 atom stereocenters. The van der Waals surface area contributed by atoms with Crippen LogP contribution in [0, 0.1) is 0 Å². The normalized spacial score (nSPS) is 22.4. The summed E-state index contributed by atoms with van der Waals surface area (Å²) in [6.45, 7) is 6.82. The fourth-order valence-corrected chi connectivity index (χ4v) is 5.78. The largest absolute Gasteiger partial charge is 0.392 e. The molecule has 0 unspecified atom stereocenters. The Balaban J connectivity index is 1.51. The minimum atomic E-state index is -0.228. The summed E-state index contributed by atoms with van der Waals surface area (Å²) in [6.07, 6.45) is 4.31. The molecule has 2 N–H and O–H groups in total. The second kappa shape index (κ2) is 8.08. The number of rotatable bonds is 4. The fourth-order valence-electron chi connectivity index (χ4n) is 4.77. The number of ether oxygens (including phenoxy) is 1. The van der Waals surface area contributed by atoms with Gasteiger partial charge in [-0.1, -0.05) is 0 Å². The van der Waals surface area contributed by atoms with E-state index < -0.39 is 0 Å². The Morgan fingerprint density at radius 2 is 2.22 bits per heavy atom. The highest BCUT2D eigenvalue weighted by Crippen LogP contribution is 2.37. The summed E-state index contributed by atoms with van der Waals surface area (Å²) in [6, 6.07) is 4.27. The molecule has 6 rings (SSSR count). The van der Waals surface area contributed by atoms with Crippen molar-refractivity contribution >= 4 is 38.4 Å². The van der Waals surface area contributed by atoms with Crippen LogP contribution in [0.4, 0.5) is 5.82 Å². The zero-order chi connectivity index (χ0) is 21.7. The minimum absolute atomic E-state index is 0.228. The first-order valence-electron chi connectivity index (χ1n) is 11.1. The van der Waals surface area contributed by atoms with Crippen LogP contribution in [0.15, 0.2) is 29.9 Å². The van der Waals surface area contributed by atoms with Gasteiger partial charge in [-0.2, -0.15) is 0 Å². The summed E-state index contributed by atoms with van der Waals surface area (Å²) in [5.41, 5.74) is 4.03. The molecule has 6 heterocycles. The Bertz CT molecular complexity index is 1270. The Morgan fingerprint density at radius 1 is 1.28 bits per heavy atom. The van der Waals surface area contributed by atoms with Crippen molar-refractivity contribution in [2.24, 2.45) is 0 Å². The molecule has 0 aromatic carbocycles. The summed E-state index contributed by atoms with van der Waals surface area (Å²) < 4.78 is 6.81. The van der Waals surface area contributed by atoms with E-state index in [9.17, 15) is 5.11 Å². The average Bonchev–Trinajstić information content (AvgIpc) is 3.54. The second-order valence-electron chi connectivity index (χ2n) is 8.70. The number of hydrogen-bond donors (Lipinski definition) is 2. The molecule has 0 spiro atoms. The predicted octanol–water partition coefficient (Wildman–Crippen LogP) is 3.03. The van der Waals surface area contributed by atoms with Crippen LogP contribution in [0.1, 0.15) is 18.9 Å². The van der Waals surface area contributed by atoms with Crippen LogP contribution >= 0.6 is 11.3 Å². The third-order valence-electron chi connectivity index (χ3n) is 6.45. The highest BCUT2D eigenvalue weighted by molar-refractivity contribution is 7.18. The third-order valence-corrected chi connectivity index (χ3v) is 7.47. The van der Waals surface area contributed by atoms with Crippen LogP contribution in [-0.4, -0.2) is 74.9 Å². The fraction of sp³-hybridized carbons (Fsp3) is 0.435. The topological polar surface area (TPSA) is 90.4 Å². The van der Waals surface area contributed by atoms with E-state index in [1.807, 2.05) is 18.3 Å². The number of fused-ring (bicyclic) bond motifs is 2. The van der Waals surface area contributed by atoms with Gasteiger partial charge in [0, 0.05) is 55.1 Å². The average molecular weight is 451 g/mol. The van der Waals surface area contributed by atoms with E-state index in [1.54, 1.807) is 17.5 Å². The van der Waals surface area contributed by atoms with Gasteiger partial charge < -0.3 is 19.7 Å². The van der Waals surface area contributed by atoms with Crippen LogP contribution in [-0.2, 0) is 11.3 Å². The first-order valence-corrected chi connectivity index (χ1v) is 12.0. The van der Waals surface area contributed by atoms with Gasteiger partial charge in [-0.3, -0.25) is 4.90 Å². The summed E-state index contributed by atoms with van der Waals surface area (Å²) in [5.74, 6) is 1.71. The summed E-state index contributed by atoms with van der Waals surface area (Å²) in [5, 5.41) is 13.2. The molecule has 166 valence electrons. The number of likely N-dealkylation sites (tertiary alicyclic amines) is 1. The van der Waals surface area contributed by atoms with Crippen molar-refractivity contribution in [1.82, 2.24) is 24.8 Å². The number of morpholine rings is 1. The van der Waals surface area contributed by atoms with Crippen molar-refractivity contribution in [3.63, 3.8) is 0 Å². The van der Waals surface area contributed by atoms with Gasteiger partial charge in [-0.05, 0) is 30.9 Å². The lowest BCUT2D eigenvalue weighted by Gasteiger charge is -2.34. The molecule has 32 heavy (non-hydrogen) atoms. The number of nitrogens with one attached hydrogen (secondary N) is 1. The molecule has 0 amide bonds. The molecular formula is C23H26N6O2S. The lowest BCUT2D eigenvalue weighted by atomic mass is 10.1. The number of aliphatic hydroxyl groups is 1. The van der Waals surface area contributed by atoms with E-state index >= 15 is 0 Å². The molecule has 0 aliphatic carbocycles. The summed E-state index contributed by atoms with van der Waals surface area (Å²) in [4.78, 5) is 22.5. The van der Waals surface area contributed by atoms with Crippen LogP contribution in [0.2, 0.25) is 0 Å². The van der Waals surface area contributed by atoms with Crippen molar-refractivity contribution in [2.75, 3.05) is 37.7 Å². The maximum Gasteiger partial charge on any atom is 0.163 e. The van der Waals surface area contributed by atoms with E-state index in [-0.39, 0.29) is 12.1 Å². The summed E-state index contributed by atoms with van der Waals surface area (Å²) >= 11 is 1.71. The molecule has 4 aromatic heterocycles. The van der Waals surface area contributed by atoms with Gasteiger partial charge in [0.2, 0.25) is 0 Å². The molecule has 4 aromatic rings. The van der Waals surface area contributed by atoms with Crippen LogP contribution in [0.5, 0.6) is 0 Å². The van der Waals surface area contributed by atoms with E-state index in [0.717, 1.165) is 71.1 Å². The lowest BCUT2D eigenvalue weighted by Crippen LogP contribution is -2.44. The van der Waals surface area contributed by atoms with Gasteiger partial charge in [0.15, 0.2) is 11.6 Å². The maximum absolute atomic E-state index is 9.97. The first-order chi connectivity index (χ1) is 15.7. The Morgan fingerprint density at radius 3 is 3.06 bits per heavy atom. The maximum atomic E-state index is 9.97. The number of H-pyrrole nitrogens is 1. The number of anilines is 1. The molecule has 2 aliphatic rings. The van der Waals surface area contributed by atoms with Crippen molar-refractivity contribution in [3.8, 4) is 11.4 Å². The monoisotopic (exact) mass is 450 g/mol. The number of pyridine rings is 1. The summed E-state index contributed by atoms with van der Waals surface area (Å²) in [7, 11) is 0. The van der Waals surface area contributed by atoms with Gasteiger partial charge in [0.1, 0.15) is 5.65 Å². The number of aliphatic hydroxyl groups excluding tert-OH is 1. The van der Waals surface area contributed by atoms with E-state index in [1.165, 1.54) is 5.56 Å². The highest BCUT2D eigenvalue weighted by Gasteiger charge is 2.27. The van der Waals surface area contributed by atoms with Gasteiger partial charge in [-0.25, -0.2) is 15.0 Å². The first kappa shape index (κ1) is 20.0. The lowest BCUT2D eigenvalue weighted by molar-refractivity contribution is 0.0987. The zero-order valence-corrected chi connectivity index (χ0v) is 18.8. The smallest absolute Gasteiger partial charge is 0.163 e. The predicted molar refractivity (Wildman–Crippen MR) is 126 cm³/mol. The molecule has 2 aliphatic heterocycles. The van der Waals surface area contributed by atoms with Gasteiger partial charge in [-0.15, -0.1) is 11.3 Å². The van der Waals surface area contributed by atoms with Gasteiger partial charge in [0.25, 0.3) is 0 Å². The molecule has 2 fully saturated rings. The number of thiophene rings is 1. The van der Waals surface area contributed by atoms with E-state index in [4.69, 9.17) is 14.7 Å². The van der Waals surface area contributed by atoms with Crippen molar-refractivity contribution < 1.29 is 9.84 Å². The highest BCUT2D eigenvalue weighted by atomic mass is 32.1. The van der Waals surface area contributed by atoms with E-state index in [2.05, 4.69) is 32.1 Å². The van der Waals surface area contributed by atoms with Gasteiger partial charge >= 0.3 is 0 Å². The molecular weight excluding hydrogens is 424 g/mol. The molecule has 0 bridgehead atoms. The third kappa shape index (κ3) is 3.45. The molecule has 9 heteroatoms. The van der Waals surface area contributed by atoms with Crippen LogP contribution in [0.3, 0.4) is 0 Å². The number of hydrogen-bond acceptors (Lipinski definition) is 8. The Kier molecular flexibility index (Phi) is 5.06. The number of aromatic nitrogens is 4. The molecule has 8 nitrogen and oxygen atoms in total. The second-order valence-corrected chi connectivity index (χ2v) is 9.58. The van der Waals surface area contributed by atoms with E-state index in [0.29, 0.717) is 13.2 Å². The molecule has 2 saturated heterocycles. The number of nitrogens with zero attached hydrogens (tertiary/aromatic N) is 5. The van der Waals surface area contributed by atoms with Gasteiger partial charge in [0.05, 0.1) is 35.6 Å². The Hall–Kier alpha value is -2.59. The SMILES string of the molecule is C[C@@H]1COCCN1c1nc(-c2ccnc3[nH]ccc23)nc2c(CN3CC[C@@H](O)C3)csc12. The minimum Gasteiger partial charge on any atom is -0.392 e. The molecule has 0 saturated carbocycles. The standard InChI is InChI=1S/C23H26N6O2S/c1-14-12-31-9-8-29(14)23-20-19(15(13-32-20)10-28-7-4-16(30)11-28)26-22(27-23)18-3-6-25-21-17(18)2-5-24-21/h2-3,5-6,13-14,16,30H,4,7-12H2,1H3,(H,24,25)/t14-,16-/m1/s1. The number of aromatic amines is 1. The molecule has 0 radical (unpaired) electrons. The van der Waals surface area contributed by atoms with Crippen molar-refractivity contribution in [3.05, 3.63) is 35.5 Å². The van der Waals surface area contributed by atoms with Crippen LogP contribution in [0.25, 0.3) is 32.6 Å². The van der Waals surface area contributed by atoms with Crippen LogP contribution < -0.4 is 4.90 Å². The van der Waals surface area contributed by atoms with Crippen molar-refractivity contribution in [2.45, 2.75) is 32.0 Å². The quantitative estimate of drug-likeness (QED) is 0.494. The zero-order valence-electron chi connectivity index (χ0n) is 18.0. The number of β-amino-alcohol motifs (C(OH)–C–C–N with tert-alkyl or cyclic N) is 1.